The van der Waals surface area contributed by atoms with Gasteiger partial charge in [0.05, 0.1) is 0 Å². The molecule has 0 atom stereocenters. The number of hydrogen-bond acceptors (Lipinski definition) is 1. The number of thioether (sulfide) groups is 1. The van der Waals surface area contributed by atoms with Crippen LogP contribution < -0.4 is 0 Å². The van der Waals surface area contributed by atoms with Gasteiger partial charge in [-0.1, -0.05) is 26.0 Å². The van der Waals surface area contributed by atoms with E-state index in [4.69, 9.17) is 11.6 Å². The van der Waals surface area contributed by atoms with Crippen LogP contribution in [0.2, 0.25) is 0 Å². The third-order valence-electron chi connectivity index (χ3n) is 1.45. The highest BCUT2D eigenvalue weighted by atomic mass is 35.5. The summed E-state index contributed by atoms with van der Waals surface area (Å²) in [5, 5.41) is 0.645. The molecule has 0 radical (unpaired) electrons. The first-order chi connectivity index (χ1) is 5.72. The molecule has 0 bridgehead atoms. The number of hydrogen-bond donors (Lipinski definition) is 0. The lowest BCUT2D eigenvalue weighted by molar-refractivity contribution is 1.11. The van der Waals surface area contributed by atoms with Gasteiger partial charge in [0.15, 0.2) is 0 Å². The second kappa shape index (κ2) is 4.78. The second-order valence-electron chi connectivity index (χ2n) is 2.94. The van der Waals surface area contributed by atoms with Gasteiger partial charge < -0.3 is 0 Å². The molecule has 0 amide bonds. The zero-order chi connectivity index (χ0) is 8.97. The van der Waals surface area contributed by atoms with E-state index in [0.29, 0.717) is 11.1 Å². The summed E-state index contributed by atoms with van der Waals surface area (Å²) in [6, 6.07) is 8.42. The van der Waals surface area contributed by atoms with Crippen molar-refractivity contribution in [1.29, 1.82) is 0 Å². The van der Waals surface area contributed by atoms with Gasteiger partial charge in [0.2, 0.25) is 0 Å². The van der Waals surface area contributed by atoms with E-state index in [-0.39, 0.29) is 0 Å². The topological polar surface area (TPSA) is 0 Å². The zero-order valence-electron chi connectivity index (χ0n) is 7.38. The van der Waals surface area contributed by atoms with Crippen molar-refractivity contribution in [3.63, 3.8) is 0 Å². The Labute approximate surface area is 83.3 Å². The van der Waals surface area contributed by atoms with Gasteiger partial charge in [0, 0.05) is 16.0 Å². The van der Waals surface area contributed by atoms with Gasteiger partial charge in [-0.05, 0) is 17.7 Å². The van der Waals surface area contributed by atoms with E-state index >= 15 is 0 Å². The van der Waals surface area contributed by atoms with Crippen LogP contribution in [0.5, 0.6) is 0 Å². The molecule has 0 aliphatic carbocycles. The van der Waals surface area contributed by atoms with Crippen molar-refractivity contribution in [2.75, 3.05) is 0 Å². The monoisotopic (exact) mass is 200 g/mol. The summed E-state index contributed by atoms with van der Waals surface area (Å²) < 4.78 is 0. The Morgan fingerprint density at radius 2 is 1.83 bits per heavy atom. The van der Waals surface area contributed by atoms with Crippen LogP contribution >= 0.6 is 23.4 Å². The maximum atomic E-state index is 5.68. The molecule has 1 rings (SSSR count). The highest BCUT2D eigenvalue weighted by Gasteiger charge is 1.97. The Balaban J connectivity index is 2.65. The molecule has 1 aromatic rings. The first-order valence-corrected chi connectivity index (χ1v) is 5.45. The first-order valence-electron chi connectivity index (χ1n) is 4.04. The molecule has 0 spiro atoms. The van der Waals surface area contributed by atoms with Crippen molar-refractivity contribution in [3.8, 4) is 0 Å². The molecule has 2 heteroatoms. The molecule has 0 aromatic heterocycles. The summed E-state index contributed by atoms with van der Waals surface area (Å²) in [4.78, 5) is 1.32. The fourth-order valence-corrected chi connectivity index (χ4v) is 1.94. The summed E-state index contributed by atoms with van der Waals surface area (Å²) in [6.07, 6.45) is 0. The molecular formula is C10H13ClS. The highest BCUT2D eigenvalue weighted by Crippen LogP contribution is 2.23. The van der Waals surface area contributed by atoms with Crippen LogP contribution in [0.25, 0.3) is 0 Å². The quantitative estimate of drug-likeness (QED) is 0.527. The third-order valence-corrected chi connectivity index (χ3v) is 2.77. The molecular weight excluding hydrogens is 188 g/mol. The molecule has 12 heavy (non-hydrogen) atoms. The van der Waals surface area contributed by atoms with Crippen molar-refractivity contribution in [1.82, 2.24) is 0 Å². The van der Waals surface area contributed by atoms with Crippen LogP contribution in [-0.2, 0) is 5.88 Å². The molecule has 0 fully saturated rings. The summed E-state index contributed by atoms with van der Waals surface area (Å²) in [7, 11) is 0. The highest BCUT2D eigenvalue weighted by molar-refractivity contribution is 7.99. The van der Waals surface area contributed by atoms with Crippen LogP contribution in [0.1, 0.15) is 19.4 Å². The smallest absolute Gasteiger partial charge is 0.0474 e. The number of benzene rings is 1. The van der Waals surface area contributed by atoms with Crippen LogP contribution in [-0.4, -0.2) is 5.25 Å². The minimum absolute atomic E-state index is 0.604. The number of alkyl halides is 1. The Morgan fingerprint density at radius 1 is 1.25 bits per heavy atom. The summed E-state index contributed by atoms with van der Waals surface area (Å²) in [5.41, 5.74) is 1.18. The van der Waals surface area contributed by atoms with Crippen molar-refractivity contribution in [2.24, 2.45) is 0 Å². The molecule has 0 saturated carbocycles. The molecule has 0 aliphatic heterocycles. The Hall–Kier alpha value is -0.140. The van der Waals surface area contributed by atoms with Crippen LogP contribution in [0, 0.1) is 0 Å². The lowest BCUT2D eigenvalue weighted by Crippen LogP contribution is -1.85. The second-order valence-corrected chi connectivity index (χ2v) is 4.86. The number of halogens is 1. The van der Waals surface area contributed by atoms with Gasteiger partial charge in [0.1, 0.15) is 0 Å². The fourth-order valence-electron chi connectivity index (χ4n) is 0.929. The summed E-state index contributed by atoms with van der Waals surface area (Å²) in [6.45, 7) is 4.39. The Morgan fingerprint density at radius 3 is 2.25 bits per heavy atom. The summed E-state index contributed by atoms with van der Waals surface area (Å²) in [5.74, 6) is 0.604. The third kappa shape index (κ3) is 3.08. The predicted octanol–water partition coefficient (Wildman–Crippen LogP) is 3.93. The first kappa shape index (κ1) is 9.94. The normalized spacial score (nSPS) is 10.7. The minimum Gasteiger partial charge on any atom is -0.123 e. The van der Waals surface area contributed by atoms with E-state index < -0.39 is 0 Å². The minimum atomic E-state index is 0.604. The maximum Gasteiger partial charge on any atom is 0.0474 e. The molecule has 0 nitrogen and oxygen atoms in total. The molecule has 1 aromatic carbocycles. The Kier molecular flexibility index (Phi) is 3.96. The van der Waals surface area contributed by atoms with E-state index in [1.54, 1.807) is 0 Å². The van der Waals surface area contributed by atoms with Gasteiger partial charge >= 0.3 is 0 Å². The van der Waals surface area contributed by atoms with Gasteiger partial charge in [-0.15, -0.1) is 23.4 Å². The standard InChI is InChI=1S/C10H13ClS/c1-8(2)12-10-5-3-9(7-11)4-6-10/h3-6,8H,7H2,1-2H3. The average molecular weight is 201 g/mol. The molecule has 0 saturated heterocycles. The van der Waals surface area contributed by atoms with Crippen molar-refractivity contribution >= 4 is 23.4 Å². The van der Waals surface area contributed by atoms with Crippen molar-refractivity contribution in [2.45, 2.75) is 29.9 Å². The lowest BCUT2D eigenvalue weighted by Gasteiger charge is -2.04. The zero-order valence-corrected chi connectivity index (χ0v) is 8.95. The lowest BCUT2D eigenvalue weighted by atomic mass is 10.2. The largest absolute Gasteiger partial charge is 0.123 e. The van der Waals surface area contributed by atoms with Crippen LogP contribution in [0.3, 0.4) is 0 Å². The van der Waals surface area contributed by atoms with E-state index in [0.717, 1.165) is 0 Å². The predicted molar refractivity (Wildman–Crippen MR) is 57.0 cm³/mol. The van der Waals surface area contributed by atoms with E-state index in [9.17, 15) is 0 Å². The van der Waals surface area contributed by atoms with E-state index in [1.165, 1.54) is 10.5 Å². The fraction of sp³-hybridized carbons (Fsp3) is 0.400. The van der Waals surface area contributed by atoms with Gasteiger partial charge in [0.25, 0.3) is 0 Å². The van der Waals surface area contributed by atoms with Gasteiger partial charge in [-0.25, -0.2) is 0 Å². The van der Waals surface area contributed by atoms with Gasteiger partial charge in [-0.3, -0.25) is 0 Å². The molecule has 0 heterocycles. The molecule has 66 valence electrons. The average Bonchev–Trinajstić information content (AvgIpc) is 2.05. The van der Waals surface area contributed by atoms with Crippen LogP contribution in [0.4, 0.5) is 0 Å². The number of rotatable bonds is 3. The maximum absolute atomic E-state index is 5.68. The van der Waals surface area contributed by atoms with Crippen molar-refractivity contribution in [3.05, 3.63) is 29.8 Å². The van der Waals surface area contributed by atoms with Gasteiger partial charge in [-0.2, -0.15) is 0 Å². The summed E-state index contributed by atoms with van der Waals surface area (Å²) >= 11 is 7.55. The van der Waals surface area contributed by atoms with E-state index in [1.807, 2.05) is 11.8 Å². The van der Waals surface area contributed by atoms with E-state index in [2.05, 4.69) is 38.1 Å². The molecule has 0 aliphatic rings. The van der Waals surface area contributed by atoms with Crippen LogP contribution in [0.15, 0.2) is 29.2 Å². The molecule has 0 unspecified atom stereocenters. The van der Waals surface area contributed by atoms with Crippen molar-refractivity contribution < 1.29 is 0 Å². The SMILES string of the molecule is CC(C)Sc1ccc(CCl)cc1. The molecule has 0 N–H and O–H groups in total. The Bertz CT molecular complexity index is 228.